The fraction of sp³-hybridized carbons (Fsp3) is 0.355. The molecule has 4 rings (SSSR count). The van der Waals surface area contributed by atoms with Gasteiger partial charge < -0.3 is 10.2 Å². The van der Waals surface area contributed by atoms with Gasteiger partial charge in [0.05, 0.1) is 10.6 Å². The fourth-order valence-electron chi connectivity index (χ4n) is 4.86. The van der Waals surface area contributed by atoms with Crippen molar-refractivity contribution in [3.8, 4) is 0 Å². The normalized spacial score (nSPS) is 14.5. The molecule has 0 saturated heterocycles. The van der Waals surface area contributed by atoms with Crippen LogP contribution in [0.15, 0.2) is 77.7 Å². The molecule has 0 spiro atoms. The van der Waals surface area contributed by atoms with E-state index < -0.39 is 34.3 Å². The van der Waals surface area contributed by atoms with Crippen LogP contribution >= 0.6 is 0 Å². The molecule has 1 aliphatic carbocycles. The maximum absolute atomic E-state index is 14.7. The van der Waals surface area contributed by atoms with Crippen molar-refractivity contribution in [2.75, 3.05) is 10.8 Å². The average Bonchev–Trinajstić information content (AvgIpc) is 3.44. The molecule has 40 heavy (non-hydrogen) atoms. The number of aryl methyl sites for hydroxylation is 2. The van der Waals surface area contributed by atoms with E-state index in [2.05, 4.69) is 5.32 Å². The first-order valence-electron chi connectivity index (χ1n) is 13.6. The Morgan fingerprint density at radius 1 is 0.925 bits per heavy atom. The van der Waals surface area contributed by atoms with Gasteiger partial charge in [-0.15, -0.1) is 0 Å². The van der Waals surface area contributed by atoms with E-state index in [4.69, 9.17) is 0 Å². The molecule has 212 valence electrons. The molecule has 0 aromatic heterocycles. The first-order chi connectivity index (χ1) is 19.1. The molecule has 3 aromatic carbocycles. The average molecular weight is 566 g/mol. The van der Waals surface area contributed by atoms with Gasteiger partial charge in [-0.2, -0.15) is 0 Å². The van der Waals surface area contributed by atoms with Crippen molar-refractivity contribution in [1.29, 1.82) is 0 Å². The van der Waals surface area contributed by atoms with Crippen LogP contribution in [0.25, 0.3) is 0 Å². The van der Waals surface area contributed by atoms with Crippen molar-refractivity contribution in [1.82, 2.24) is 10.2 Å². The summed E-state index contributed by atoms with van der Waals surface area (Å²) < 4.78 is 43.4. The Hall–Kier alpha value is -3.72. The number of nitrogens with zero attached hydrogens (tertiary/aromatic N) is 2. The van der Waals surface area contributed by atoms with Gasteiger partial charge in [-0.3, -0.25) is 13.9 Å². The van der Waals surface area contributed by atoms with Crippen LogP contribution in [0.3, 0.4) is 0 Å². The summed E-state index contributed by atoms with van der Waals surface area (Å²) in [4.78, 5) is 28.5. The van der Waals surface area contributed by atoms with Gasteiger partial charge in [-0.05, 0) is 63.9 Å². The van der Waals surface area contributed by atoms with Crippen molar-refractivity contribution in [3.63, 3.8) is 0 Å². The molecule has 0 unspecified atom stereocenters. The lowest BCUT2D eigenvalue weighted by Gasteiger charge is -2.32. The van der Waals surface area contributed by atoms with Gasteiger partial charge in [0.25, 0.3) is 10.0 Å². The molecule has 1 saturated carbocycles. The van der Waals surface area contributed by atoms with Crippen molar-refractivity contribution in [2.24, 2.45) is 0 Å². The minimum atomic E-state index is -4.15. The minimum Gasteiger partial charge on any atom is -0.352 e. The number of nitrogens with one attached hydrogen (secondary N) is 1. The van der Waals surface area contributed by atoms with E-state index in [1.54, 1.807) is 61.5 Å². The molecule has 1 atom stereocenters. The van der Waals surface area contributed by atoms with Crippen molar-refractivity contribution in [3.05, 3.63) is 95.3 Å². The topological polar surface area (TPSA) is 86.8 Å². The Kier molecular flexibility index (Phi) is 9.25. The molecule has 0 radical (unpaired) electrons. The standard InChI is InChI=1S/C31H36FN3O4S/c1-22-12-16-27(17-13-22)35(40(38,39)28-18-14-23(2)15-19-28)21-30(36)34(20-25-8-4-7-11-29(25)32)24(3)31(37)33-26-9-5-6-10-26/h4,7-8,11-19,24,26H,5-6,9-10,20-21H2,1-3H3,(H,33,37)/t24-/m1/s1. The molecule has 0 aliphatic heterocycles. The summed E-state index contributed by atoms with van der Waals surface area (Å²) in [5, 5.41) is 3.01. The number of halogens is 1. The second-order valence-electron chi connectivity index (χ2n) is 10.4. The largest absolute Gasteiger partial charge is 0.352 e. The highest BCUT2D eigenvalue weighted by atomic mass is 32.2. The maximum atomic E-state index is 14.7. The summed E-state index contributed by atoms with van der Waals surface area (Å²) in [5.41, 5.74) is 2.38. The highest BCUT2D eigenvalue weighted by Gasteiger charge is 2.33. The monoisotopic (exact) mass is 565 g/mol. The van der Waals surface area contributed by atoms with E-state index in [-0.39, 0.29) is 29.0 Å². The number of rotatable bonds is 10. The number of carbonyl (C=O) groups excluding carboxylic acids is 2. The predicted octanol–water partition coefficient (Wildman–Crippen LogP) is 5.11. The fourth-order valence-corrected chi connectivity index (χ4v) is 6.28. The van der Waals surface area contributed by atoms with E-state index in [9.17, 15) is 22.4 Å². The predicted molar refractivity (Wildman–Crippen MR) is 154 cm³/mol. The quantitative estimate of drug-likeness (QED) is 0.370. The van der Waals surface area contributed by atoms with Gasteiger partial charge in [0.2, 0.25) is 11.8 Å². The van der Waals surface area contributed by atoms with E-state index in [1.807, 2.05) is 13.8 Å². The van der Waals surface area contributed by atoms with E-state index in [0.29, 0.717) is 5.69 Å². The highest BCUT2D eigenvalue weighted by molar-refractivity contribution is 7.92. The van der Waals surface area contributed by atoms with Gasteiger partial charge in [-0.1, -0.05) is 66.4 Å². The van der Waals surface area contributed by atoms with Gasteiger partial charge in [-0.25, -0.2) is 12.8 Å². The second-order valence-corrected chi connectivity index (χ2v) is 12.3. The van der Waals surface area contributed by atoms with Crippen LogP contribution in [0.5, 0.6) is 0 Å². The van der Waals surface area contributed by atoms with Crippen LogP contribution in [0.1, 0.15) is 49.3 Å². The third-order valence-electron chi connectivity index (χ3n) is 7.38. The Labute approximate surface area is 236 Å². The molecule has 1 aliphatic rings. The van der Waals surface area contributed by atoms with E-state index >= 15 is 0 Å². The zero-order chi connectivity index (χ0) is 28.9. The molecule has 0 bridgehead atoms. The van der Waals surface area contributed by atoms with Crippen LogP contribution in [0.4, 0.5) is 10.1 Å². The van der Waals surface area contributed by atoms with Gasteiger partial charge in [0.15, 0.2) is 0 Å². The third-order valence-corrected chi connectivity index (χ3v) is 9.17. The lowest BCUT2D eigenvalue weighted by Crippen LogP contribution is -2.52. The number of sulfonamides is 1. The summed E-state index contributed by atoms with van der Waals surface area (Å²) in [6, 6.07) is 18.4. The Balaban J connectivity index is 1.69. The third kappa shape index (κ3) is 6.88. The number of amides is 2. The minimum absolute atomic E-state index is 0.0336. The maximum Gasteiger partial charge on any atom is 0.264 e. The van der Waals surface area contributed by atoms with Crippen LogP contribution in [0.2, 0.25) is 0 Å². The number of hydrogen-bond donors (Lipinski definition) is 1. The van der Waals surface area contributed by atoms with Crippen molar-refractivity contribution in [2.45, 2.75) is 70.0 Å². The van der Waals surface area contributed by atoms with Gasteiger partial charge >= 0.3 is 0 Å². The van der Waals surface area contributed by atoms with Crippen LogP contribution < -0.4 is 9.62 Å². The summed E-state index contributed by atoms with van der Waals surface area (Å²) >= 11 is 0. The summed E-state index contributed by atoms with van der Waals surface area (Å²) in [7, 11) is -4.15. The molecule has 1 N–H and O–H groups in total. The smallest absolute Gasteiger partial charge is 0.264 e. The first-order valence-corrected chi connectivity index (χ1v) is 15.0. The first kappa shape index (κ1) is 29.3. The Morgan fingerprint density at radius 2 is 1.50 bits per heavy atom. The van der Waals surface area contributed by atoms with Gasteiger partial charge in [0, 0.05) is 18.2 Å². The SMILES string of the molecule is Cc1ccc(N(CC(=O)N(Cc2ccccc2F)[C@H](C)C(=O)NC2CCCC2)S(=O)(=O)c2ccc(C)cc2)cc1. The van der Waals surface area contributed by atoms with Crippen LogP contribution in [-0.4, -0.2) is 43.8 Å². The number of hydrogen-bond acceptors (Lipinski definition) is 4. The summed E-state index contributed by atoms with van der Waals surface area (Å²) in [6.07, 6.45) is 3.80. The molecular formula is C31H36FN3O4S. The number of benzene rings is 3. The van der Waals surface area contributed by atoms with Crippen LogP contribution in [0, 0.1) is 19.7 Å². The molecule has 7 nitrogen and oxygen atoms in total. The number of anilines is 1. The van der Waals surface area contributed by atoms with Crippen molar-refractivity contribution >= 4 is 27.5 Å². The second kappa shape index (κ2) is 12.6. The highest BCUT2D eigenvalue weighted by Crippen LogP contribution is 2.26. The zero-order valence-electron chi connectivity index (χ0n) is 23.1. The van der Waals surface area contributed by atoms with Crippen LogP contribution in [-0.2, 0) is 26.2 Å². The summed E-state index contributed by atoms with van der Waals surface area (Å²) in [6.45, 7) is 4.59. The molecule has 9 heteroatoms. The molecule has 1 fully saturated rings. The lowest BCUT2D eigenvalue weighted by atomic mass is 10.1. The summed E-state index contributed by atoms with van der Waals surface area (Å²) in [5.74, 6) is -1.47. The molecule has 2 amide bonds. The lowest BCUT2D eigenvalue weighted by molar-refractivity contribution is -0.139. The molecule has 0 heterocycles. The zero-order valence-corrected chi connectivity index (χ0v) is 24.0. The Morgan fingerprint density at radius 3 is 2.10 bits per heavy atom. The van der Waals surface area contributed by atoms with E-state index in [0.717, 1.165) is 41.1 Å². The van der Waals surface area contributed by atoms with Gasteiger partial charge in [0.1, 0.15) is 18.4 Å². The van der Waals surface area contributed by atoms with E-state index in [1.165, 1.54) is 23.1 Å². The molecular weight excluding hydrogens is 529 g/mol. The Bertz CT molecular complexity index is 1440. The molecule has 3 aromatic rings. The number of carbonyl (C=O) groups is 2. The van der Waals surface area contributed by atoms with Crippen molar-refractivity contribution < 1.29 is 22.4 Å².